The highest BCUT2D eigenvalue weighted by molar-refractivity contribution is 5.76. The standard InChI is InChI=1S/C15H20FNO4/c1-2-21-15(19)14(18)11-3-4-12(13(16)9-11)10-17-5-7-20-8-6-17/h3-4,9,14,18H,2,5-8,10H2,1H3. The number of nitrogens with zero attached hydrogens (tertiary/aromatic N) is 1. The maximum Gasteiger partial charge on any atom is 0.339 e. The van der Waals surface area contributed by atoms with Crippen LogP contribution in [0.25, 0.3) is 0 Å². The molecule has 5 nitrogen and oxygen atoms in total. The molecule has 2 rings (SSSR count). The van der Waals surface area contributed by atoms with Crippen LogP contribution in [0.2, 0.25) is 0 Å². The molecule has 0 aliphatic carbocycles. The Hall–Kier alpha value is -1.50. The molecular weight excluding hydrogens is 277 g/mol. The monoisotopic (exact) mass is 297 g/mol. The first-order chi connectivity index (χ1) is 10.1. The molecule has 1 heterocycles. The molecule has 1 aliphatic heterocycles. The molecule has 0 saturated carbocycles. The molecule has 0 bridgehead atoms. The Balaban J connectivity index is 2.04. The number of hydrogen-bond acceptors (Lipinski definition) is 5. The van der Waals surface area contributed by atoms with Crippen molar-refractivity contribution in [2.24, 2.45) is 0 Å². The number of esters is 1. The minimum atomic E-state index is -1.45. The topological polar surface area (TPSA) is 59.0 Å². The Morgan fingerprint density at radius 2 is 2.19 bits per heavy atom. The van der Waals surface area contributed by atoms with E-state index >= 15 is 0 Å². The van der Waals surface area contributed by atoms with E-state index in [-0.39, 0.29) is 12.2 Å². The summed E-state index contributed by atoms with van der Waals surface area (Å²) in [6.07, 6.45) is -1.45. The number of morpholine rings is 1. The minimum absolute atomic E-state index is 0.174. The van der Waals surface area contributed by atoms with Gasteiger partial charge in [0.05, 0.1) is 19.8 Å². The van der Waals surface area contributed by atoms with E-state index in [1.807, 2.05) is 0 Å². The number of aliphatic hydroxyl groups is 1. The molecule has 0 radical (unpaired) electrons. The molecule has 116 valence electrons. The lowest BCUT2D eigenvalue weighted by Crippen LogP contribution is -2.35. The smallest absolute Gasteiger partial charge is 0.339 e. The lowest BCUT2D eigenvalue weighted by atomic mass is 10.1. The van der Waals surface area contributed by atoms with Gasteiger partial charge >= 0.3 is 5.97 Å². The Bertz CT molecular complexity index is 489. The number of benzene rings is 1. The molecule has 0 amide bonds. The van der Waals surface area contributed by atoms with Gasteiger partial charge in [-0.25, -0.2) is 9.18 Å². The Morgan fingerprint density at radius 1 is 1.48 bits per heavy atom. The molecule has 1 fully saturated rings. The average molecular weight is 297 g/mol. The van der Waals surface area contributed by atoms with Gasteiger partial charge in [-0.2, -0.15) is 0 Å². The van der Waals surface area contributed by atoms with Crippen molar-refractivity contribution in [3.05, 3.63) is 35.1 Å². The van der Waals surface area contributed by atoms with Crippen LogP contribution in [0.15, 0.2) is 18.2 Å². The fraction of sp³-hybridized carbons (Fsp3) is 0.533. The molecule has 0 spiro atoms. The van der Waals surface area contributed by atoms with E-state index in [4.69, 9.17) is 9.47 Å². The summed E-state index contributed by atoms with van der Waals surface area (Å²) in [6, 6.07) is 4.35. The molecule has 21 heavy (non-hydrogen) atoms. The van der Waals surface area contributed by atoms with E-state index in [2.05, 4.69) is 4.90 Å². The van der Waals surface area contributed by atoms with Crippen LogP contribution in [0.3, 0.4) is 0 Å². The maximum atomic E-state index is 14.1. The number of carbonyl (C=O) groups is 1. The number of halogens is 1. The predicted octanol–water partition coefficient (Wildman–Crippen LogP) is 1.25. The lowest BCUT2D eigenvalue weighted by Gasteiger charge is -2.26. The summed E-state index contributed by atoms with van der Waals surface area (Å²) in [6.45, 7) is 5.16. The fourth-order valence-electron chi connectivity index (χ4n) is 2.22. The van der Waals surface area contributed by atoms with Crippen molar-refractivity contribution in [1.29, 1.82) is 0 Å². The van der Waals surface area contributed by atoms with Crippen molar-refractivity contribution in [3.63, 3.8) is 0 Å². The normalized spacial score (nSPS) is 17.5. The summed E-state index contributed by atoms with van der Waals surface area (Å²) in [7, 11) is 0. The molecule has 1 aliphatic rings. The summed E-state index contributed by atoms with van der Waals surface area (Å²) in [5, 5.41) is 9.79. The molecule has 1 unspecified atom stereocenters. The summed E-state index contributed by atoms with van der Waals surface area (Å²) < 4.78 is 24.1. The van der Waals surface area contributed by atoms with Crippen molar-refractivity contribution in [2.45, 2.75) is 19.6 Å². The number of carbonyl (C=O) groups excluding carboxylic acids is 1. The van der Waals surface area contributed by atoms with Crippen molar-refractivity contribution >= 4 is 5.97 Å². The Kier molecular flexibility index (Phi) is 5.67. The van der Waals surface area contributed by atoms with E-state index in [9.17, 15) is 14.3 Å². The quantitative estimate of drug-likeness (QED) is 0.829. The number of aliphatic hydroxyl groups excluding tert-OH is 1. The second-order valence-corrected chi connectivity index (χ2v) is 4.89. The van der Waals surface area contributed by atoms with E-state index < -0.39 is 17.9 Å². The highest BCUT2D eigenvalue weighted by Crippen LogP contribution is 2.19. The number of hydrogen-bond donors (Lipinski definition) is 1. The van der Waals surface area contributed by atoms with E-state index in [0.717, 1.165) is 13.1 Å². The third-order valence-corrected chi connectivity index (χ3v) is 3.40. The first-order valence-corrected chi connectivity index (χ1v) is 7.05. The number of rotatable bonds is 5. The van der Waals surface area contributed by atoms with Crippen LogP contribution in [0.1, 0.15) is 24.2 Å². The zero-order valence-corrected chi connectivity index (χ0v) is 12.0. The van der Waals surface area contributed by atoms with Crippen LogP contribution in [-0.2, 0) is 20.8 Å². The van der Waals surface area contributed by atoms with Crippen molar-refractivity contribution < 1.29 is 23.8 Å². The SMILES string of the molecule is CCOC(=O)C(O)c1ccc(CN2CCOCC2)c(F)c1. The Labute approximate surface area is 123 Å². The molecule has 1 saturated heterocycles. The van der Waals surface area contributed by atoms with Gasteiger partial charge in [0.1, 0.15) is 5.82 Å². The van der Waals surface area contributed by atoms with Crippen LogP contribution >= 0.6 is 0 Å². The van der Waals surface area contributed by atoms with Crippen LogP contribution in [0, 0.1) is 5.82 Å². The lowest BCUT2D eigenvalue weighted by molar-refractivity contribution is -0.153. The van der Waals surface area contributed by atoms with Gasteiger partial charge in [-0.15, -0.1) is 0 Å². The molecule has 0 aromatic heterocycles. The van der Waals surface area contributed by atoms with Gasteiger partial charge in [-0.3, -0.25) is 4.90 Å². The van der Waals surface area contributed by atoms with Gasteiger partial charge in [0.25, 0.3) is 0 Å². The van der Waals surface area contributed by atoms with Crippen LogP contribution in [0.4, 0.5) is 4.39 Å². The zero-order valence-electron chi connectivity index (χ0n) is 12.0. The summed E-state index contributed by atoms with van der Waals surface area (Å²) in [5.41, 5.74) is 0.744. The average Bonchev–Trinajstić information content (AvgIpc) is 2.50. The third-order valence-electron chi connectivity index (χ3n) is 3.40. The van der Waals surface area contributed by atoms with Crippen molar-refractivity contribution in [1.82, 2.24) is 4.90 Å². The van der Waals surface area contributed by atoms with Crippen LogP contribution in [-0.4, -0.2) is 48.9 Å². The molecule has 1 aromatic carbocycles. The van der Waals surface area contributed by atoms with Gasteiger partial charge in [-0.1, -0.05) is 12.1 Å². The molecular formula is C15H20FNO4. The second kappa shape index (κ2) is 7.49. The minimum Gasteiger partial charge on any atom is -0.464 e. The summed E-state index contributed by atoms with van der Waals surface area (Å²) >= 11 is 0. The van der Waals surface area contributed by atoms with Gasteiger partial charge in [0.2, 0.25) is 0 Å². The largest absolute Gasteiger partial charge is 0.464 e. The fourth-order valence-corrected chi connectivity index (χ4v) is 2.22. The second-order valence-electron chi connectivity index (χ2n) is 4.89. The van der Waals surface area contributed by atoms with Gasteiger partial charge in [0.15, 0.2) is 6.10 Å². The van der Waals surface area contributed by atoms with Gasteiger partial charge < -0.3 is 14.6 Å². The summed E-state index contributed by atoms with van der Waals surface area (Å²) in [5.74, 6) is -1.19. The maximum absolute atomic E-state index is 14.1. The first kappa shape index (κ1) is 15.9. The highest BCUT2D eigenvalue weighted by Gasteiger charge is 2.20. The van der Waals surface area contributed by atoms with Crippen LogP contribution < -0.4 is 0 Å². The first-order valence-electron chi connectivity index (χ1n) is 7.05. The molecule has 1 atom stereocenters. The van der Waals surface area contributed by atoms with E-state index in [0.29, 0.717) is 25.3 Å². The zero-order chi connectivity index (χ0) is 15.2. The van der Waals surface area contributed by atoms with E-state index in [1.165, 1.54) is 6.07 Å². The number of ether oxygens (including phenoxy) is 2. The predicted molar refractivity (Wildman–Crippen MR) is 74.1 cm³/mol. The van der Waals surface area contributed by atoms with Gasteiger partial charge in [-0.05, 0) is 18.6 Å². The van der Waals surface area contributed by atoms with Gasteiger partial charge in [0, 0.05) is 25.2 Å². The van der Waals surface area contributed by atoms with E-state index in [1.54, 1.807) is 19.1 Å². The highest BCUT2D eigenvalue weighted by atomic mass is 19.1. The third kappa shape index (κ3) is 4.23. The molecule has 1 aromatic rings. The van der Waals surface area contributed by atoms with Crippen molar-refractivity contribution in [3.8, 4) is 0 Å². The Morgan fingerprint density at radius 3 is 2.81 bits per heavy atom. The molecule has 1 N–H and O–H groups in total. The molecule has 6 heteroatoms. The van der Waals surface area contributed by atoms with Crippen molar-refractivity contribution in [2.75, 3.05) is 32.9 Å². The summed E-state index contributed by atoms with van der Waals surface area (Å²) in [4.78, 5) is 13.5. The van der Waals surface area contributed by atoms with Crippen LogP contribution in [0.5, 0.6) is 0 Å².